The normalized spacial score (nSPS) is 22.8. The predicted octanol–water partition coefficient (Wildman–Crippen LogP) is 2.20. The summed E-state index contributed by atoms with van der Waals surface area (Å²) in [5, 5.41) is 3.10. The van der Waals surface area contributed by atoms with Gasteiger partial charge in [0.2, 0.25) is 0 Å². The summed E-state index contributed by atoms with van der Waals surface area (Å²) in [6, 6.07) is 5.90. The van der Waals surface area contributed by atoms with E-state index in [1.165, 1.54) is 0 Å². The number of ether oxygens (including phenoxy) is 1. The summed E-state index contributed by atoms with van der Waals surface area (Å²) in [6.45, 7) is 11.6. The third kappa shape index (κ3) is 3.76. The van der Waals surface area contributed by atoms with E-state index in [4.69, 9.17) is 14.0 Å². The van der Waals surface area contributed by atoms with Gasteiger partial charge in [-0.1, -0.05) is 11.6 Å². The number of aryl methyl sites for hydroxylation is 1. The Hall–Kier alpha value is -1.37. The van der Waals surface area contributed by atoms with Crippen LogP contribution in [0.3, 0.4) is 0 Å². The Kier molecular flexibility index (Phi) is 4.97. The first kappa shape index (κ1) is 18.4. The number of carbonyl (C=O) groups excluding carboxylic acids is 1. The van der Waals surface area contributed by atoms with Crippen LogP contribution in [0.15, 0.2) is 18.2 Å². The number of rotatable bonds is 3. The van der Waals surface area contributed by atoms with Crippen molar-refractivity contribution in [3.8, 4) is 0 Å². The van der Waals surface area contributed by atoms with Crippen LogP contribution in [0.2, 0.25) is 0 Å². The van der Waals surface area contributed by atoms with Crippen molar-refractivity contribution < 1.29 is 18.8 Å². The van der Waals surface area contributed by atoms with Crippen LogP contribution in [0, 0.1) is 6.92 Å². The maximum atomic E-state index is 12.5. The Morgan fingerprint density at radius 3 is 2.28 bits per heavy atom. The highest BCUT2D eigenvalue weighted by atomic mass is 16.7. The molecule has 2 aliphatic rings. The van der Waals surface area contributed by atoms with E-state index in [9.17, 15) is 4.79 Å². The van der Waals surface area contributed by atoms with Crippen LogP contribution in [0.1, 0.15) is 56.5 Å². The zero-order valence-corrected chi connectivity index (χ0v) is 15.8. The van der Waals surface area contributed by atoms with Crippen molar-refractivity contribution in [1.82, 2.24) is 5.32 Å². The summed E-state index contributed by atoms with van der Waals surface area (Å²) in [5.74, 6) is -0.0320. The molecule has 0 spiro atoms. The van der Waals surface area contributed by atoms with Crippen LogP contribution < -0.4 is 10.8 Å². The molecule has 0 unspecified atom stereocenters. The van der Waals surface area contributed by atoms with Gasteiger partial charge in [-0.3, -0.25) is 4.79 Å². The number of amides is 1. The Bertz CT molecular complexity index is 637. The molecule has 0 saturated carbocycles. The first-order chi connectivity index (χ1) is 11.7. The molecular formula is C19H28BNO4. The maximum absolute atomic E-state index is 12.5. The smallest absolute Gasteiger partial charge is 0.399 e. The lowest BCUT2D eigenvalue weighted by molar-refractivity contribution is 0.00578. The maximum Gasteiger partial charge on any atom is 0.495 e. The SMILES string of the molecule is Cc1cc(C(=O)NC2CCOCC2)ccc1B1OC(C)(C)C(C)(C)O1. The Balaban J connectivity index is 1.72. The average Bonchev–Trinajstić information content (AvgIpc) is 2.76. The predicted molar refractivity (Wildman–Crippen MR) is 98.2 cm³/mol. The lowest BCUT2D eigenvalue weighted by Crippen LogP contribution is -2.41. The molecule has 1 aromatic carbocycles. The molecule has 0 atom stereocenters. The van der Waals surface area contributed by atoms with E-state index < -0.39 is 7.12 Å². The molecule has 2 fully saturated rings. The van der Waals surface area contributed by atoms with Gasteiger partial charge in [0.15, 0.2) is 0 Å². The van der Waals surface area contributed by atoms with Crippen molar-refractivity contribution in [3.05, 3.63) is 29.3 Å². The summed E-state index contributed by atoms with van der Waals surface area (Å²) >= 11 is 0. The first-order valence-corrected chi connectivity index (χ1v) is 9.04. The number of nitrogens with one attached hydrogen (secondary N) is 1. The van der Waals surface area contributed by atoms with Gasteiger partial charge < -0.3 is 19.4 Å². The Morgan fingerprint density at radius 2 is 1.72 bits per heavy atom. The zero-order valence-electron chi connectivity index (χ0n) is 15.8. The van der Waals surface area contributed by atoms with Crippen molar-refractivity contribution in [2.75, 3.05) is 13.2 Å². The highest BCUT2D eigenvalue weighted by Gasteiger charge is 2.52. The van der Waals surface area contributed by atoms with Crippen molar-refractivity contribution in [2.45, 2.75) is 64.7 Å². The molecule has 0 bridgehead atoms. The molecule has 1 N–H and O–H groups in total. The molecule has 6 heteroatoms. The van der Waals surface area contributed by atoms with Crippen molar-refractivity contribution in [3.63, 3.8) is 0 Å². The van der Waals surface area contributed by atoms with Gasteiger partial charge in [-0.25, -0.2) is 0 Å². The molecule has 2 heterocycles. The van der Waals surface area contributed by atoms with Crippen LogP contribution in [-0.2, 0) is 14.0 Å². The number of benzene rings is 1. The molecule has 0 aromatic heterocycles. The molecule has 2 aliphatic heterocycles. The summed E-state index contributed by atoms with van der Waals surface area (Å²) in [4.78, 5) is 12.5. The summed E-state index contributed by atoms with van der Waals surface area (Å²) in [6.07, 6.45) is 1.74. The number of carbonyl (C=O) groups is 1. The monoisotopic (exact) mass is 345 g/mol. The van der Waals surface area contributed by atoms with Gasteiger partial charge in [-0.2, -0.15) is 0 Å². The quantitative estimate of drug-likeness (QED) is 0.854. The first-order valence-electron chi connectivity index (χ1n) is 9.04. The van der Waals surface area contributed by atoms with Gasteiger partial charge in [0.1, 0.15) is 0 Å². The van der Waals surface area contributed by atoms with E-state index in [1.54, 1.807) is 0 Å². The van der Waals surface area contributed by atoms with Gasteiger partial charge in [0.25, 0.3) is 5.91 Å². The standard InChI is InChI=1S/C19H28BNO4/c1-13-12-14(17(22)21-15-8-10-23-11-9-15)6-7-16(13)20-24-18(2,3)19(4,5)25-20/h6-7,12,15H,8-11H2,1-5H3,(H,21,22). The molecular weight excluding hydrogens is 317 g/mol. The largest absolute Gasteiger partial charge is 0.495 e. The van der Waals surface area contributed by atoms with Gasteiger partial charge >= 0.3 is 7.12 Å². The van der Waals surface area contributed by atoms with Crippen molar-refractivity contribution >= 4 is 18.5 Å². The lowest BCUT2D eigenvalue weighted by atomic mass is 9.76. The van der Waals surface area contributed by atoms with Crippen LogP contribution in [0.4, 0.5) is 0 Å². The fraction of sp³-hybridized carbons (Fsp3) is 0.632. The minimum atomic E-state index is -0.405. The van der Waals surface area contributed by atoms with Gasteiger partial charge in [0, 0.05) is 24.8 Å². The topological polar surface area (TPSA) is 56.8 Å². The molecule has 5 nitrogen and oxygen atoms in total. The van der Waals surface area contributed by atoms with Crippen LogP contribution >= 0.6 is 0 Å². The molecule has 3 rings (SSSR count). The molecule has 0 radical (unpaired) electrons. The fourth-order valence-corrected chi connectivity index (χ4v) is 3.16. The summed E-state index contributed by atoms with van der Waals surface area (Å²) in [5.41, 5.74) is 1.90. The van der Waals surface area contributed by atoms with Crippen LogP contribution in [-0.4, -0.2) is 43.5 Å². The van der Waals surface area contributed by atoms with E-state index in [-0.39, 0.29) is 23.2 Å². The van der Waals surface area contributed by atoms with Gasteiger partial charge in [-0.05, 0) is 65.1 Å². The summed E-state index contributed by atoms with van der Waals surface area (Å²) in [7, 11) is -0.405. The molecule has 136 valence electrons. The molecule has 1 amide bonds. The van der Waals surface area contributed by atoms with Crippen LogP contribution in [0.5, 0.6) is 0 Å². The molecule has 25 heavy (non-hydrogen) atoms. The third-order valence-corrected chi connectivity index (χ3v) is 5.60. The Labute approximate surface area is 150 Å². The minimum absolute atomic E-state index is 0.0320. The number of hydrogen-bond acceptors (Lipinski definition) is 4. The van der Waals surface area contributed by atoms with E-state index in [0.29, 0.717) is 18.8 Å². The average molecular weight is 345 g/mol. The fourth-order valence-electron chi connectivity index (χ4n) is 3.16. The molecule has 2 saturated heterocycles. The third-order valence-electron chi connectivity index (χ3n) is 5.60. The van der Waals surface area contributed by atoms with Crippen LogP contribution in [0.25, 0.3) is 0 Å². The highest BCUT2D eigenvalue weighted by Crippen LogP contribution is 2.36. The van der Waals surface area contributed by atoms with Gasteiger partial charge in [-0.15, -0.1) is 0 Å². The zero-order chi connectivity index (χ0) is 18.2. The second-order valence-electron chi connectivity index (χ2n) is 8.02. The van der Waals surface area contributed by atoms with E-state index >= 15 is 0 Å². The lowest BCUT2D eigenvalue weighted by Gasteiger charge is -2.32. The van der Waals surface area contributed by atoms with E-state index in [1.807, 2.05) is 52.8 Å². The Morgan fingerprint density at radius 1 is 1.12 bits per heavy atom. The van der Waals surface area contributed by atoms with E-state index in [2.05, 4.69) is 5.32 Å². The highest BCUT2D eigenvalue weighted by molar-refractivity contribution is 6.62. The number of hydrogen-bond donors (Lipinski definition) is 1. The van der Waals surface area contributed by atoms with E-state index in [0.717, 1.165) is 23.9 Å². The molecule has 1 aromatic rings. The van der Waals surface area contributed by atoms with Crippen molar-refractivity contribution in [1.29, 1.82) is 0 Å². The second kappa shape index (κ2) is 6.74. The van der Waals surface area contributed by atoms with Crippen molar-refractivity contribution in [2.24, 2.45) is 0 Å². The molecule has 0 aliphatic carbocycles. The summed E-state index contributed by atoms with van der Waals surface area (Å²) < 4.78 is 17.6. The minimum Gasteiger partial charge on any atom is -0.399 e. The second-order valence-corrected chi connectivity index (χ2v) is 8.02. The van der Waals surface area contributed by atoms with Gasteiger partial charge in [0.05, 0.1) is 11.2 Å².